The van der Waals surface area contributed by atoms with Crippen molar-refractivity contribution < 1.29 is 26.7 Å². The van der Waals surface area contributed by atoms with Gasteiger partial charge in [0.15, 0.2) is 0 Å². The maximum atomic E-state index is 12.9. The molecule has 1 heterocycles. The Bertz CT molecular complexity index is 877. The zero-order chi connectivity index (χ0) is 18.2. The highest BCUT2D eigenvalue weighted by Gasteiger charge is 2.38. The minimum absolute atomic E-state index is 0.0938. The molecule has 2 N–H and O–H groups in total. The lowest BCUT2D eigenvalue weighted by Gasteiger charge is -2.31. The Labute approximate surface area is 146 Å². The predicted octanol–water partition coefficient (Wildman–Crippen LogP) is 0.755. The van der Waals surface area contributed by atoms with E-state index in [0.29, 0.717) is 12.8 Å². The van der Waals surface area contributed by atoms with E-state index in [1.165, 1.54) is 18.2 Å². The first-order valence-corrected chi connectivity index (χ1v) is 11.0. The molecule has 1 aliphatic heterocycles. The first kappa shape index (κ1) is 18.3. The second kappa shape index (κ2) is 6.67. The summed E-state index contributed by atoms with van der Waals surface area (Å²) < 4.78 is 53.8. The SMILES string of the molecule is O=C(O)C1CCCCN1S(=O)(=O)c1cccc(S(=O)(=O)NC2CC2)c1. The van der Waals surface area contributed by atoms with E-state index in [0.717, 1.165) is 23.2 Å². The van der Waals surface area contributed by atoms with Crippen LogP contribution in [0.4, 0.5) is 0 Å². The van der Waals surface area contributed by atoms with Gasteiger partial charge in [-0.25, -0.2) is 21.6 Å². The third-order valence-corrected chi connectivity index (χ3v) is 7.78. The molecule has 8 nitrogen and oxygen atoms in total. The maximum Gasteiger partial charge on any atom is 0.322 e. The van der Waals surface area contributed by atoms with Gasteiger partial charge >= 0.3 is 5.97 Å². The fourth-order valence-corrected chi connectivity index (χ4v) is 5.99. The molecule has 1 aliphatic carbocycles. The molecule has 1 saturated heterocycles. The van der Waals surface area contributed by atoms with Crippen molar-refractivity contribution in [2.75, 3.05) is 6.54 Å². The Morgan fingerprint density at radius 1 is 1.08 bits per heavy atom. The van der Waals surface area contributed by atoms with E-state index in [4.69, 9.17) is 0 Å². The number of sulfonamides is 2. The van der Waals surface area contributed by atoms with Crippen molar-refractivity contribution in [3.05, 3.63) is 24.3 Å². The predicted molar refractivity (Wildman–Crippen MR) is 89.0 cm³/mol. The fourth-order valence-electron chi connectivity index (χ4n) is 2.87. The average Bonchev–Trinajstić information content (AvgIpc) is 3.38. The van der Waals surface area contributed by atoms with Gasteiger partial charge in [-0.05, 0) is 50.3 Å². The number of rotatable bonds is 6. The van der Waals surface area contributed by atoms with Gasteiger partial charge < -0.3 is 5.11 Å². The number of carboxylic acids is 1. The van der Waals surface area contributed by atoms with Crippen LogP contribution in [0.5, 0.6) is 0 Å². The number of carboxylic acid groups (broad SMARTS) is 1. The van der Waals surface area contributed by atoms with Gasteiger partial charge in [-0.3, -0.25) is 4.79 Å². The molecule has 10 heteroatoms. The topological polar surface area (TPSA) is 121 Å². The average molecular weight is 388 g/mol. The third kappa shape index (κ3) is 3.86. The summed E-state index contributed by atoms with van der Waals surface area (Å²) in [5, 5.41) is 9.30. The van der Waals surface area contributed by atoms with E-state index in [9.17, 15) is 26.7 Å². The van der Waals surface area contributed by atoms with Crippen LogP contribution in [-0.4, -0.2) is 50.8 Å². The molecule has 0 aromatic heterocycles. The molecule has 1 aromatic carbocycles. The summed E-state index contributed by atoms with van der Waals surface area (Å²) in [6.45, 7) is 0.108. The molecule has 1 unspecified atom stereocenters. The number of benzene rings is 1. The second-order valence-electron chi connectivity index (χ2n) is 6.34. The van der Waals surface area contributed by atoms with Crippen LogP contribution in [0.2, 0.25) is 0 Å². The number of hydrogen-bond acceptors (Lipinski definition) is 5. The molecule has 0 amide bonds. The summed E-state index contributed by atoms with van der Waals surface area (Å²) in [7, 11) is -7.88. The van der Waals surface area contributed by atoms with E-state index in [1.54, 1.807) is 0 Å². The Morgan fingerprint density at radius 3 is 2.40 bits per heavy atom. The minimum Gasteiger partial charge on any atom is -0.480 e. The van der Waals surface area contributed by atoms with Gasteiger partial charge in [0.1, 0.15) is 6.04 Å². The lowest BCUT2D eigenvalue weighted by atomic mass is 10.1. The summed E-state index contributed by atoms with van der Waals surface area (Å²) in [5.74, 6) is -1.19. The summed E-state index contributed by atoms with van der Waals surface area (Å²) in [5.41, 5.74) is 0. The van der Waals surface area contributed by atoms with E-state index in [-0.39, 0.29) is 28.8 Å². The molecule has 2 aliphatic rings. The van der Waals surface area contributed by atoms with Gasteiger partial charge in [-0.15, -0.1) is 0 Å². The highest BCUT2D eigenvalue weighted by atomic mass is 32.2. The van der Waals surface area contributed by atoms with Crippen molar-refractivity contribution in [3.63, 3.8) is 0 Å². The summed E-state index contributed by atoms with van der Waals surface area (Å²) in [6.07, 6.45) is 3.00. The van der Waals surface area contributed by atoms with E-state index >= 15 is 0 Å². The Kier molecular flexibility index (Phi) is 4.89. The zero-order valence-corrected chi connectivity index (χ0v) is 15.1. The third-order valence-electron chi connectivity index (χ3n) is 4.36. The van der Waals surface area contributed by atoms with Crippen LogP contribution in [0.1, 0.15) is 32.1 Å². The number of nitrogens with zero attached hydrogens (tertiary/aromatic N) is 1. The molecule has 1 atom stereocenters. The molecule has 3 rings (SSSR count). The Morgan fingerprint density at radius 2 is 1.76 bits per heavy atom. The van der Waals surface area contributed by atoms with Crippen LogP contribution in [-0.2, 0) is 24.8 Å². The molecule has 0 spiro atoms. The number of piperidine rings is 1. The van der Waals surface area contributed by atoms with Crippen molar-refractivity contribution in [2.24, 2.45) is 0 Å². The van der Waals surface area contributed by atoms with Gasteiger partial charge in [-0.1, -0.05) is 6.07 Å². The lowest BCUT2D eigenvalue weighted by Crippen LogP contribution is -2.47. The molecule has 25 heavy (non-hydrogen) atoms. The highest BCUT2D eigenvalue weighted by molar-refractivity contribution is 7.90. The van der Waals surface area contributed by atoms with E-state index < -0.39 is 32.1 Å². The smallest absolute Gasteiger partial charge is 0.322 e. The minimum atomic E-state index is -4.09. The van der Waals surface area contributed by atoms with Gasteiger partial charge in [-0.2, -0.15) is 4.31 Å². The fraction of sp³-hybridized carbons (Fsp3) is 0.533. The van der Waals surface area contributed by atoms with Crippen molar-refractivity contribution in [2.45, 2.75) is 54.0 Å². The molecule has 2 fully saturated rings. The molecule has 1 saturated carbocycles. The van der Waals surface area contributed by atoms with Crippen molar-refractivity contribution >= 4 is 26.0 Å². The Balaban J connectivity index is 1.94. The lowest BCUT2D eigenvalue weighted by molar-refractivity contribution is -0.142. The zero-order valence-electron chi connectivity index (χ0n) is 13.5. The van der Waals surface area contributed by atoms with Crippen LogP contribution in [0.15, 0.2) is 34.1 Å². The van der Waals surface area contributed by atoms with Crippen molar-refractivity contribution in [1.82, 2.24) is 9.03 Å². The largest absolute Gasteiger partial charge is 0.480 e. The summed E-state index contributed by atoms with van der Waals surface area (Å²) in [6, 6.07) is 3.85. The normalized spacial score (nSPS) is 22.6. The van der Waals surface area contributed by atoms with Crippen LogP contribution in [0.25, 0.3) is 0 Å². The summed E-state index contributed by atoms with van der Waals surface area (Å²) in [4.78, 5) is 11.0. The van der Waals surface area contributed by atoms with E-state index in [2.05, 4.69) is 4.72 Å². The molecule has 138 valence electrons. The standard InChI is InChI=1S/C15H20N2O6S2/c18-15(19)14-6-1-2-9-17(14)25(22,23)13-5-3-4-12(10-13)24(20,21)16-11-7-8-11/h3-5,10-11,14,16H,1-2,6-9H2,(H,18,19). The van der Waals surface area contributed by atoms with Crippen LogP contribution < -0.4 is 4.72 Å². The molecular formula is C15H20N2O6S2. The first-order valence-electron chi connectivity index (χ1n) is 8.09. The maximum absolute atomic E-state index is 12.9. The highest BCUT2D eigenvalue weighted by Crippen LogP contribution is 2.28. The van der Waals surface area contributed by atoms with E-state index in [1.807, 2.05) is 0 Å². The van der Waals surface area contributed by atoms with Crippen LogP contribution in [0, 0.1) is 0 Å². The van der Waals surface area contributed by atoms with Crippen molar-refractivity contribution in [3.8, 4) is 0 Å². The molecule has 0 radical (unpaired) electrons. The van der Waals surface area contributed by atoms with Crippen molar-refractivity contribution in [1.29, 1.82) is 0 Å². The van der Waals surface area contributed by atoms with Gasteiger partial charge in [0.05, 0.1) is 9.79 Å². The second-order valence-corrected chi connectivity index (χ2v) is 9.94. The van der Waals surface area contributed by atoms with Crippen LogP contribution in [0.3, 0.4) is 0 Å². The first-order chi connectivity index (χ1) is 11.7. The van der Waals surface area contributed by atoms with Gasteiger partial charge in [0.2, 0.25) is 20.0 Å². The number of hydrogen-bond donors (Lipinski definition) is 2. The number of nitrogens with one attached hydrogen (secondary N) is 1. The quantitative estimate of drug-likeness (QED) is 0.742. The van der Waals surface area contributed by atoms with Crippen LogP contribution >= 0.6 is 0 Å². The van der Waals surface area contributed by atoms with Gasteiger partial charge in [0.25, 0.3) is 0 Å². The number of carbonyl (C=O) groups is 1. The molecular weight excluding hydrogens is 368 g/mol. The summed E-state index contributed by atoms with van der Waals surface area (Å²) >= 11 is 0. The molecule has 0 bridgehead atoms. The van der Waals surface area contributed by atoms with Gasteiger partial charge in [0, 0.05) is 12.6 Å². The molecule has 1 aromatic rings. The number of aliphatic carboxylic acids is 1. The monoisotopic (exact) mass is 388 g/mol. The Hall–Kier alpha value is -1.49.